The average molecular weight is 1730 g/mol. The van der Waals surface area contributed by atoms with Crippen LogP contribution < -0.4 is 0 Å². The topological polar surface area (TPSA) is 156 Å². The number of fused-ring (bicyclic) bond motifs is 12. The zero-order valence-corrected chi connectivity index (χ0v) is 73.8. The molecule has 12 heteroatoms. The Hall–Kier alpha value is -17.7. The predicted molar refractivity (Wildman–Crippen MR) is 547 cm³/mol. The normalized spacial score (nSPS) is 11.3. The molecule has 0 bridgehead atoms. The molecule has 0 aliphatic heterocycles. The molecular weight excluding hydrogens is 1640 g/mol. The Bertz CT molecular complexity index is 8610. The lowest BCUT2D eigenvalue weighted by molar-refractivity contribution is 0.668. The Kier molecular flexibility index (Phi) is 22.1. The molecule has 17 aromatic carbocycles. The summed E-state index contributed by atoms with van der Waals surface area (Å²) in [5.74, 6) is 2.98. The van der Waals surface area contributed by atoms with Gasteiger partial charge in [-0.3, -0.25) is 0 Å². The minimum atomic E-state index is 0.730. The van der Waals surface area contributed by atoms with E-state index in [0.717, 1.165) is 229 Å². The van der Waals surface area contributed by atoms with Gasteiger partial charge in [-0.25, -0.2) is 39.9 Å². The average Bonchev–Trinajstić information content (AvgIpc) is 1.60. The summed E-state index contributed by atoms with van der Waals surface area (Å²) < 4.78 is 24.5. The number of nitrogens with zero attached hydrogens (tertiary/aromatic N) is 8. The van der Waals surface area contributed by atoms with Crippen LogP contribution in [0.25, 0.3) is 233 Å². The maximum absolute atomic E-state index is 6.21. The third-order valence-electron chi connectivity index (χ3n) is 24.3. The van der Waals surface area contributed by atoms with Gasteiger partial charge in [-0.15, -0.1) is 0 Å². The molecule has 8 aromatic heterocycles. The Morgan fingerprint density at radius 2 is 0.396 bits per heavy atom. The standard InChI is InChI=1S/C35H24N2O.3C29H20N2O/c1-23-36-31(22-32(37-23)29-16-10-18-34-35(29)30-15-8-9-17-33(30)38-34)28-20-26(24-11-4-2-5-12-24)19-27(21-28)25-13-6-3-7-14-25;1-19-30-25(22-12-7-11-21(17-22)20-9-3-2-4-10-20)18-26(31-19)23-14-8-16-28-29(23)24-13-5-6-15-27(24)32-28;1-19-30-25(22-13-6-5-12-21(22)20-10-3-2-4-11-20)18-26(31-19)23-15-9-17-28-29(23)24-14-7-8-16-27(24)32-28;1-19-30-26(21-8-3-2-4-9-21)18-27(31-19)22-16-14-20(15-17-22)23-11-7-12-25-24-10-5-6-13-28(24)32-29(23)25/h2-22H,1H3;3*2-18H,1H3. The summed E-state index contributed by atoms with van der Waals surface area (Å²) in [6.07, 6.45) is 0. The molecule has 0 atom stereocenters. The first-order valence-electron chi connectivity index (χ1n) is 44.8. The van der Waals surface area contributed by atoms with Gasteiger partial charge in [0, 0.05) is 93.2 Å². The first kappa shape index (κ1) is 82.0. The first-order chi connectivity index (χ1) is 66.0. The lowest BCUT2D eigenvalue weighted by Gasteiger charge is -2.12. The molecule has 25 rings (SSSR count). The number of aryl methyl sites for hydroxylation is 4. The van der Waals surface area contributed by atoms with Gasteiger partial charge in [-0.2, -0.15) is 0 Å². The van der Waals surface area contributed by atoms with Crippen molar-refractivity contribution in [2.75, 3.05) is 0 Å². The second-order valence-electron chi connectivity index (χ2n) is 33.2. The molecular formula is C122H84N8O4. The second kappa shape index (κ2) is 36.1. The van der Waals surface area contributed by atoms with E-state index in [1.807, 2.05) is 179 Å². The third-order valence-corrected chi connectivity index (χ3v) is 24.3. The summed E-state index contributed by atoms with van der Waals surface area (Å²) in [5.41, 5.74) is 34.4. The van der Waals surface area contributed by atoms with Crippen LogP contribution in [-0.2, 0) is 0 Å². The van der Waals surface area contributed by atoms with E-state index in [1.54, 1.807) is 0 Å². The molecule has 0 fully saturated rings. The number of benzene rings is 17. The minimum absolute atomic E-state index is 0.730. The quantitative estimate of drug-likeness (QED) is 0.108. The van der Waals surface area contributed by atoms with E-state index in [9.17, 15) is 0 Å². The fourth-order valence-corrected chi connectivity index (χ4v) is 18.2. The van der Waals surface area contributed by atoms with E-state index in [2.05, 4.69) is 295 Å². The SMILES string of the molecule is Cc1nc(-c2cc(-c3ccccc3)cc(-c3ccccc3)c2)cc(-c2cccc3oc4ccccc4c23)n1.Cc1nc(-c2cccc(-c3ccccc3)c2)cc(-c2cccc3oc4ccccc4c23)n1.Cc1nc(-c2ccccc2)cc(-c2ccc(-c3cccc4c3oc3ccccc34)cc2)n1.Cc1nc(-c2ccccc2-c2ccccc2)cc(-c2cccc3oc4ccccc4c23)n1. The van der Waals surface area contributed by atoms with Gasteiger partial charge in [0.15, 0.2) is 0 Å². The summed E-state index contributed by atoms with van der Waals surface area (Å²) >= 11 is 0. The molecule has 0 amide bonds. The van der Waals surface area contributed by atoms with Crippen molar-refractivity contribution in [3.8, 4) is 146 Å². The molecule has 0 saturated carbocycles. The highest BCUT2D eigenvalue weighted by molar-refractivity contribution is 6.15. The van der Waals surface area contributed by atoms with Crippen LogP contribution in [0, 0.1) is 27.7 Å². The lowest BCUT2D eigenvalue weighted by atomic mass is 9.94. The summed E-state index contributed by atoms with van der Waals surface area (Å²) in [5, 5.41) is 8.83. The van der Waals surface area contributed by atoms with Crippen LogP contribution in [0.1, 0.15) is 23.3 Å². The minimum Gasteiger partial charge on any atom is -0.456 e. The summed E-state index contributed by atoms with van der Waals surface area (Å²) in [6.45, 7) is 7.79. The molecule has 12 nitrogen and oxygen atoms in total. The molecule has 25 aromatic rings. The number of para-hydroxylation sites is 5. The van der Waals surface area contributed by atoms with Gasteiger partial charge in [0.05, 0.1) is 45.6 Å². The van der Waals surface area contributed by atoms with Crippen molar-refractivity contribution < 1.29 is 17.7 Å². The molecule has 0 unspecified atom stereocenters. The van der Waals surface area contributed by atoms with Crippen molar-refractivity contribution in [2.45, 2.75) is 27.7 Å². The molecule has 8 heterocycles. The number of hydrogen-bond acceptors (Lipinski definition) is 12. The van der Waals surface area contributed by atoms with Crippen LogP contribution >= 0.6 is 0 Å². The Balaban J connectivity index is 0.000000104. The maximum Gasteiger partial charge on any atom is 0.143 e. The van der Waals surface area contributed by atoms with Gasteiger partial charge in [0.2, 0.25) is 0 Å². The fraction of sp³-hybridized carbons (Fsp3) is 0.0328. The molecule has 0 spiro atoms. The maximum atomic E-state index is 6.21. The zero-order valence-electron chi connectivity index (χ0n) is 73.8. The number of furan rings is 4. The van der Waals surface area contributed by atoms with Crippen molar-refractivity contribution in [3.05, 3.63) is 460 Å². The van der Waals surface area contributed by atoms with E-state index in [4.69, 9.17) is 47.6 Å². The number of rotatable bonds is 13. The van der Waals surface area contributed by atoms with Crippen LogP contribution in [0.15, 0.2) is 454 Å². The van der Waals surface area contributed by atoms with Gasteiger partial charge in [-0.05, 0) is 169 Å². The predicted octanol–water partition coefficient (Wildman–Crippen LogP) is 32.4. The van der Waals surface area contributed by atoms with Crippen LogP contribution in [0.2, 0.25) is 0 Å². The van der Waals surface area contributed by atoms with Crippen molar-refractivity contribution in [3.63, 3.8) is 0 Å². The highest BCUT2D eigenvalue weighted by Gasteiger charge is 2.22. The van der Waals surface area contributed by atoms with Gasteiger partial charge >= 0.3 is 0 Å². The first-order valence-corrected chi connectivity index (χ1v) is 44.8. The Morgan fingerprint density at radius 1 is 0.142 bits per heavy atom. The van der Waals surface area contributed by atoms with E-state index >= 15 is 0 Å². The van der Waals surface area contributed by atoms with E-state index in [1.165, 1.54) is 27.8 Å². The second-order valence-corrected chi connectivity index (χ2v) is 33.2. The number of aromatic nitrogens is 8. The van der Waals surface area contributed by atoms with Crippen LogP contribution in [-0.4, -0.2) is 39.9 Å². The molecule has 0 aliphatic carbocycles. The zero-order chi connectivity index (χ0) is 90.0. The van der Waals surface area contributed by atoms with E-state index < -0.39 is 0 Å². The van der Waals surface area contributed by atoms with Crippen molar-refractivity contribution in [1.29, 1.82) is 0 Å². The third kappa shape index (κ3) is 16.6. The van der Waals surface area contributed by atoms with Crippen LogP contribution in [0.3, 0.4) is 0 Å². The Morgan fingerprint density at radius 3 is 0.858 bits per heavy atom. The van der Waals surface area contributed by atoms with Crippen LogP contribution in [0.5, 0.6) is 0 Å². The van der Waals surface area contributed by atoms with Crippen molar-refractivity contribution in [2.24, 2.45) is 0 Å². The van der Waals surface area contributed by atoms with Gasteiger partial charge in [0.25, 0.3) is 0 Å². The molecule has 0 radical (unpaired) electrons. The fourth-order valence-electron chi connectivity index (χ4n) is 18.2. The highest BCUT2D eigenvalue weighted by Crippen LogP contribution is 2.45. The van der Waals surface area contributed by atoms with Gasteiger partial charge in [-0.1, -0.05) is 346 Å². The van der Waals surface area contributed by atoms with E-state index in [0.29, 0.717) is 0 Å². The van der Waals surface area contributed by atoms with Gasteiger partial charge in [0.1, 0.15) is 68.0 Å². The van der Waals surface area contributed by atoms with Crippen molar-refractivity contribution in [1.82, 2.24) is 39.9 Å². The van der Waals surface area contributed by atoms with Crippen molar-refractivity contribution >= 4 is 87.8 Å². The molecule has 0 aliphatic rings. The summed E-state index contributed by atoms with van der Waals surface area (Å²) in [4.78, 5) is 38.3. The molecule has 0 saturated heterocycles. The molecule has 0 N–H and O–H groups in total. The molecule has 134 heavy (non-hydrogen) atoms. The highest BCUT2D eigenvalue weighted by atomic mass is 16.3. The Labute approximate surface area is 773 Å². The summed E-state index contributed by atoms with van der Waals surface area (Å²) in [6, 6.07) is 150. The molecule has 636 valence electrons. The largest absolute Gasteiger partial charge is 0.456 e. The monoisotopic (exact) mass is 1720 g/mol. The lowest BCUT2D eigenvalue weighted by Crippen LogP contribution is -1.96. The number of hydrogen-bond donors (Lipinski definition) is 0. The van der Waals surface area contributed by atoms with E-state index in [-0.39, 0.29) is 0 Å². The van der Waals surface area contributed by atoms with Crippen LogP contribution in [0.4, 0.5) is 0 Å². The van der Waals surface area contributed by atoms with Gasteiger partial charge < -0.3 is 17.7 Å². The summed E-state index contributed by atoms with van der Waals surface area (Å²) in [7, 11) is 0. The smallest absolute Gasteiger partial charge is 0.143 e.